The number of anilines is 1. The monoisotopic (exact) mass is 273 g/mol. The van der Waals surface area contributed by atoms with Crippen molar-refractivity contribution in [2.75, 3.05) is 5.32 Å². The van der Waals surface area contributed by atoms with Gasteiger partial charge in [0, 0.05) is 17.6 Å². The van der Waals surface area contributed by atoms with Crippen molar-refractivity contribution >= 4 is 16.9 Å². The van der Waals surface area contributed by atoms with E-state index in [0.29, 0.717) is 17.5 Å². The fourth-order valence-corrected chi connectivity index (χ4v) is 2.66. The third kappa shape index (κ3) is 2.54. The van der Waals surface area contributed by atoms with Gasteiger partial charge in [-0.1, -0.05) is 12.1 Å². The Bertz CT molecular complexity index is 622. The molecule has 0 unspecified atom stereocenters. The van der Waals surface area contributed by atoms with E-state index in [1.165, 1.54) is 0 Å². The van der Waals surface area contributed by atoms with E-state index in [-0.39, 0.29) is 11.9 Å². The number of hydrogen-bond donors (Lipinski definition) is 3. The summed E-state index contributed by atoms with van der Waals surface area (Å²) >= 11 is 0. The van der Waals surface area contributed by atoms with E-state index in [0.717, 1.165) is 36.6 Å². The fourth-order valence-electron chi connectivity index (χ4n) is 2.66. The Morgan fingerprint density at radius 3 is 2.70 bits per heavy atom. The number of fused-ring (bicyclic) bond motifs is 1. The topological polar surface area (TPSA) is 78.3 Å². The molecule has 0 atom stereocenters. The molecule has 3 N–H and O–H groups in total. The summed E-state index contributed by atoms with van der Waals surface area (Å²) in [6.07, 6.45) is 5.02. The van der Waals surface area contributed by atoms with Crippen LogP contribution in [0, 0.1) is 6.92 Å². The molecule has 0 saturated heterocycles. The van der Waals surface area contributed by atoms with Crippen molar-refractivity contribution in [3.05, 3.63) is 23.9 Å². The van der Waals surface area contributed by atoms with E-state index in [1.54, 1.807) is 6.20 Å². The molecule has 5 nitrogen and oxygen atoms in total. The number of rotatable bonds is 2. The van der Waals surface area contributed by atoms with Gasteiger partial charge in [0.25, 0.3) is 0 Å². The van der Waals surface area contributed by atoms with E-state index in [9.17, 15) is 10.2 Å². The van der Waals surface area contributed by atoms with Gasteiger partial charge < -0.3 is 15.5 Å². The second-order valence-corrected chi connectivity index (χ2v) is 5.51. The first-order valence-electron chi connectivity index (χ1n) is 7.03. The first kappa shape index (κ1) is 13.1. The third-order valence-electron chi connectivity index (χ3n) is 3.96. The summed E-state index contributed by atoms with van der Waals surface area (Å²) < 4.78 is 0. The predicted molar refractivity (Wildman–Crippen MR) is 77.8 cm³/mol. The number of aliphatic hydroxyl groups excluding tert-OH is 1. The van der Waals surface area contributed by atoms with Crippen LogP contribution < -0.4 is 5.32 Å². The Hall–Kier alpha value is -1.88. The van der Waals surface area contributed by atoms with Gasteiger partial charge in [0.1, 0.15) is 11.3 Å². The molecular formula is C15H19N3O2. The van der Waals surface area contributed by atoms with Gasteiger partial charge >= 0.3 is 0 Å². The standard InChI is InChI=1S/C15H19N3O2/c1-9-2-3-10-8-16-15(18-13(10)14(9)20)17-11-4-6-12(19)7-5-11/h2-3,8,11-12,19-20H,4-7H2,1H3,(H,16,17,18). The number of phenolic OH excluding ortho intramolecular Hbond substituents is 1. The molecular weight excluding hydrogens is 254 g/mol. The minimum atomic E-state index is -0.169. The summed E-state index contributed by atoms with van der Waals surface area (Å²) in [5.74, 6) is 0.756. The van der Waals surface area contributed by atoms with Crippen LogP contribution in [0.25, 0.3) is 10.9 Å². The van der Waals surface area contributed by atoms with Gasteiger partial charge in [-0.3, -0.25) is 0 Å². The van der Waals surface area contributed by atoms with Gasteiger partial charge in [0.15, 0.2) is 0 Å². The molecule has 0 spiro atoms. The summed E-state index contributed by atoms with van der Waals surface area (Å²) in [6.45, 7) is 1.85. The highest BCUT2D eigenvalue weighted by atomic mass is 16.3. The van der Waals surface area contributed by atoms with E-state index >= 15 is 0 Å². The fraction of sp³-hybridized carbons (Fsp3) is 0.467. The molecule has 5 heteroatoms. The number of phenols is 1. The second kappa shape index (κ2) is 5.25. The molecule has 0 amide bonds. The lowest BCUT2D eigenvalue weighted by Crippen LogP contribution is -2.28. The normalized spacial score (nSPS) is 22.9. The maximum absolute atomic E-state index is 10.1. The van der Waals surface area contributed by atoms with Crippen molar-refractivity contribution in [2.45, 2.75) is 44.8 Å². The molecule has 2 aromatic rings. The number of nitrogens with zero attached hydrogens (tertiary/aromatic N) is 2. The minimum absolute atomic E-state index is 0.169. The zero-order chi connectivity index (χ0) is 14.1. The largest absolute Gasteiger partial charge is 0.505 e. The second-order valence-electron chi connectivity index (χ2n) is 5.51. The van der Waals surface area contributed by atoms with Crippen LogP contribution in [0.15, 0.2) is 18.3 Å². The quantitative estimate of drug-likeness (QED) is 0.783. The van der Waals surface area contributed by atoms with Crippen LogP contribution in [0.3, 0.4) is 0 Å². The smallest absolute Gasteiger partial charge is 0.223 e. The van der Waals surface area contributed by atoms with Crippen molar-refractivity contribution < 1.29 is 10.2 Å². The summed E-state index contributed by atoms with van der Waals surface area (Å²) in [5, 5.41) is 23.7. The molecule has 20 heavy (non-hydrogen) atoms. The number of hydrogen-bond acceptors (Lipinski definition) is 5. The molecule has 1 aromatic heterocycles. The lowest BCUT2D eigenvalue weighted by molar-refractivity contribution is 0.126. The first-order chi connectivity index (χ1) is 9.63. The molecule has 1 saturated carbocycles. The molecule has 0 bridgehead atoms. The Morgan fingerprint density at radius 2 is 1.95 bits per heavy atom. The summed E-state index contributed by atoms with van der Waals surface area (Å²) in [6, 6.07) is 4.06. The highest BCUT2D eigenvalue weighted by Gasteiger charge is 2.20. The highest BCUT2D eigenvalue weighted by molar-refractivity contribution is 5.85. The Labute approximate surface area is 117 Å². The van der Waals surface area contributed by atoms with Crippen LogP contribution >= 0.6 is 0 Å². The lowest BCUT2D eigenvalue weighted by Gasteiger charge is -2.26. The summed E-state index contributed by atoms with van der Waals surface area (Å²) in [5.41, 5.74) is 1.39. The van der Waals surface area contributed by atoms with Crippen LogP contribution in [-0.2, 0) is 0 Å². The zero-order valence-corrected chi connectivity index (χ0v) is 11.5. The Kier molecular flexibility index (Phi) is 3.44. The van der Waals surface area contributed by atoms with Crippen LogP contribution in [0.4, 0.5) is 5.95 Å². The number of aromatic nitrogens is 2. The molecule has 1 fully saturated rings. The average Bonchev–Trinajstić information content (AvgIpc) is 2.46. The molecule has 0 radical (unpaired) electrons. The van der Waals surface area contributed by atoms with Gasteiger partial charge in [-0.15, -0.1) is 0 Å². The van der Waals surface area contributed by atoms with E-state index in [4.69, 9.17) is 0 Å². The van der Waals surface area contributed by atoms with Crippen LogP contribution in [-0.4, -0.2) is 32.3 Å². The van der Waals surface area contributed by atoms with Crippen molar-refractivity contribution in [3.63, 3.8) is 0 Å². The maximum Gasteiger partial charge on any atom is 0.223 e. The van der Waals surface area contributed by atoms with Crippen LogP contribution in [0.2, 0.25) is 0 Å². The minimum Gasteiger partial charge on any atom is -0.505 e. The van der Waals surface area contributed by atoms with Gasteiger partial charge in [0.2, 0.25) is 5.95 Å². The van der Waals surface area contributed by atoms with Crippen molar-refractivity contribution in [1.29, 1.82) is 0 Å². The third-order valence-corrected chi connectivity index (χ3v) is 3.96. The zero-order valence-electron chi connectivity index (χ0n) is 11.5. The van der Waals surface area contributed by atoms with Crippen LogP contribution in [0.5, 0.6) is 5.75 Å². The molecule has 1 aromatic carbocycles. The molecule has 1 heterocycles. The first-order valence-corrected chi connectivity index (χ1v) is 7.03. The van der Waals surface area contributed by atoms with E-state index in [2.05, 4.69) is 15.3 Å². The highest BCUT2D eigenvalue weighted by Crippen LogP contribution is 2.27. The number of nitrogens with one attached hydrogen (secondary N) is 1. The molecule has 1 aliphatic carbocycles. The van der Waals surface area contributed by atoms with Crippen molar-refractivity contribution in [1.82, 2.24) is 9.97 Å². The van der Waals surface area contributed by atoms with E-state index < -0.39 is 0 Å². The summed E-state index contributed by atoms with van der Waals surface area (Å²) in [4.78, 5) is 8.71. The van der Waals surface area contributed by atoms with Crippen molar-refractivity contribution in [3.8, 4) is 5.75 Å². The van der Waals surface area contributed by atoms with E-state index in [1.807, 2.05) is 19.1 Å². The number of aromatic hydroxyl groups is 1. The maximum atomic E-state index is 10.1. The van der Waals surface area contributed by atoms with Crippen LogP contribution in [0.1, 0.15) is 31.2 Å². The predicted octanol–water partition coefficient (Wildman–Crippen LogP) is 2.36. The Morgan fingerprint density at radius 1 is 1.20 bits per heavy atom. The van der Waals surface area contributed by atoms with Gasteiger partial charge in [-0.25, -0.2) is 9.97 Å². The SMILES string of the molecule is Cc1ccc2cnc(NC3CCC(O)CC3)nc2c1O. The number of aryl methyl sites for hydroxylation is 1. The number of benzene rings is 1. The molecule has 1 aliphatic rings. The summed E-state index contributed by atoms with van der Waals surface area (Å²) in [7, 11) is 0. The Balaban J connectivity index is 1.83. The van der Waals surface area contributed by atoms with Gasteiger partial charge in [-0.2, -0.15) is 0 Å². The number of aliphatic hydroxyl groups is 1. The molecule has 3 rings (SSSR count). The van der Waals surface area contributed by atoms with Gasteiger partial charge in [-0.05, 0) is 38.2 Å². The average molecular weight is 273 g/mol. The molecule has 106 valence electrons. The van der Waals surface area contributed by atoms with Gasteiger partial charge in [0.05, 0.1) is 6.10 Å². The lowest BCUT2D eigenvalue weighted by atomic mass is 9.93. The van der Waals surface area contributed by atoms with Crippen molar-refractivity contribution in [2.24, 2.45) is 0 Å². The molecule has 0 aliphatic heterocycles.